The van der Waals surface area contributed by atoms with Crippen molar-refractivity contribution in [1.29, 1.82) is 0 Å². The normalized spacial score (nSPS) is 22.0. The Bertz CT molecular complexity index is 367. The SMILES string of the molecule is Cc1nccc([C@@H]2CN(CC(C)C)CCO2)n1. The summed E-state index contributed by atoms with van der Waals surface area (Å²) in [4.78, 5) is 11.0. The highest BCUT2D eigenvalue weighted by Gasteiger charge is 2.23. The number of hydrogen-bond donors (Lipinski definition) is 0. The molecule has 0 amide bonds. The molecule has 4 nitrogen and oxygen atoms in total. The molecule has 0 bridgehead atoms. The number of rotatable bonds is 3. The fourth-order valence-corrected chi connectivity index (χ4v) is 2.22. The molecule has 0 aromatic carbocycles. The maximum atomic E-state index is 5.80. The lowest BCUT2D eigenvalue weighted by molar-refractivity contribution is -0.0353. The number of ether oxygens (including phenoxy) is 1. The average Bonchev–Trinajstić information content (AvgIpc) is 2.28. The third kappa shape index (κ3) is 3.48. The molecule has 0 spiro atoms. The second-order valence-corrected chi connectivity index (χ2v) is 5.04. The summed E-state index contributed by atoms with van der Waals surface area (Å²) in [6.45, 7) is 10.3. The van der Waals surface area contributed by atoms with E-state index in [0.29, 0.717) is 5.92 Å². The quantitative estimate of drug-likeness (QED) is 0.801. The minimum atomic E-state index is 0.101. The number of morpholine rings is 1. The first kappa shape index (κ1) is 12.5. The number of nitrogens with zero attached hydrogens (tertiary/aromatic N) is 3. The molecule has 0 aliphatic carbocycles. The molecule has 1 aromatic rings. The molecule has 1 aliphatic heterocycles. The fraction of sp³-hybridized carbons (Fsp3) is 0.692. The van der Waals surface area contributed by atoms with Crippen LogP contribution in [0.25, 0.3) is 0 Å². The number of hydrogen-bond acceptors (Lipinski definition) is 4. The van der Waals surface area contributed by atoms with Gasteiger partial charge in [0.25, 0.3) is 0 Å². The Balaban J connectivity index is 2.02. The van der Waals surface area contributed by atoms with E-state index in [4.69, 9.17) is 4.74 Å². The van der Waals surface area contributed by atoms with Crippen LogP contribution in [0.2, 0.25) is 0 Å². The molecule has 0 unspecified atom stereocenters. The zero-order valence-electron chi connectivity index (χ0n) is 10.9. The second kappa shape index (κ2) is 5.56. The number of aryl methyl sites for hydroxylation is 1. The van der Waals surface area contributed by atoms with Crippen molar-refractivity contribution < 1.29 is 4.74 Å². The highest BCUT2D eigenvalue weighted by atomic mass is 16.5. The van der Waals surface area contributed by atoms with E-state index in [2.05, 4.69) is 28.7 Å². The molecule has 1 aromatic heterocycles. The van der Waals surface area contributed by atoms with E-state index in [1.165, 1.54) is 0 Å². The molecule has 0 radical (unpaired) electrons. The molecule has 17 heavy (non-hydrogen) atoms. The van der Waals surface area contributed by atoms with Crippen LogP contribution in [-0.4, -0.2) is 41.1 Å². The first-order valence-corrected chi connectivity index (χ1v) is 6.28. The molecule has 2 rings (SSSR count). The highest BCUT2D eigenvalue weighted by Crippen LogP contribution is 2.20. The van der Waals surface area contributed by atoms with Gasteiger partial charge in [0.15, 0.2) is 0 Å². The molecular weight excluding hydrogens is 214 g/mol. The van der Waals surface area contributed by atoms with Gasteiger partial charge in [-0.25, -0.2) is 9.97 Å². The minimum absolute atomic E-state index is 0.101. The van der Waals surface area contributed by atoms with E-state index < -0.39 is 0 Å². The topological polar surface area (TPSA) is 38.2 Å². The molecule has 94 valence electrons. The summed E-state index contributed by atoms with van der Waals surface area (Å²) in [6, 6.07) is 1.95. The van der Waals surface area contributed by atoms with Crippen molar-refractivity contribution in [2.75, 3.05) is 26.2 Å². The maximum absolute atomic E-state index is 5.80. The lowest BCUT2D eigenvalue weighted by Gasteiger charge is -2.33. The number of aromatic nitrogens is 2. The van der Waals surface area contributed by atoms with Gasteiger partial charge in [0.1, 0.15) is 11.9 Å². The summed E-state index contributed by atoms with van der Waals surface area (Å²) >= 11 is 0. The van der Waals surface area contributed by atoms with Crippen molar-refractivity contribution in [2.24, 2.45) is 5.92 Å². The molecule has 4 heteroatoms. The first-order chi connectivity index (χ1) is 8.15. The van der Waals surface area contributed by atoms with E-state index in [0.717, 1.165) is 37.8 Å². The summed E-state index contributed by atoms with van der Waals surface area (Å²) in [6.07, 6.45) is 1.91. The lowest BCUT2D eigenvalue weighted by atomic mass is 10.1. The van der Waals surface area contributed by atoms with Gasteiger partial charge in [-0.3, -0.25) is 4.90 Å². The van der Waals surface area contributed by atoms with Crippen LogP contribution in [0.5, 0.6) is 0 Å². The van der Waals surface area contributed by atoms with Crippen molar-refractivity contribution in [2.45, 2.75) is 26.9 Å². The zero-order valence-corrected chi connectivity index (χ0v) is 10.9. The summed E-state index contributed by atoms with van der Waals surface area (Å²) in [5, 5.41) is 0. The van der Waals surface area contributed by atoms with Gasteiger partial charge in [0.05, 0.1) is 12.3 Å². The summed E-state index contributed by atoms with van der Waals surface area (Å²) in [5.41, 5.74) is 1.01. The van der Waals surface area contributed by atoms with Crippen molar-refractivity contribution in [3.8, 4) is 0 Å². The van der Waals surface area contributed by atoms with Gasteiger partial charge in [-0.15, -0.1) is 0 Å². The molecule has 1 aliphatic rings. The van der Waals surface area contributed by atoms with Crippen LogP contribution in [0, 0.1) is 12.8 Å². The van der Waals surface area contributed by atoms with Gasteiger partial charge in [-0.2, -0.15) is 0 Å². The average molecular weight is 235 g/mol. The van der Waals surface area contributed by atoms with Crippen LogP contribution in [0.4, 0.5) is 0 Å². The third-order valence-electron chi connectivity index (χ3n) is 2.90. The van der Waals surface area contributed by atoms with Gasteiger partial charge >= 0.3 is 0 Å². The monoisotopic (exact) mass is 235 g/mol. The summed E-state index contributed by atoms with van der Waals surface area (Å²) < 4.78 is 5.80. The summed E-state index contributed by atoms with van der Waals surface area (Å²) in [7, 11) is 0. The van der Waals surface area contributed by atoms with Crippen LogP contribution in [-0.2, 0) is 4.74 Å². The lowest BCUT2D eigenvalue weighted by Crippen LogP contribution is -2.40. The molecule has 0 saturated carbocycles. The molecule has 1 fully saturated rings. The molecule has 2 heterocycles. The Hall–Kier alpha value is -1.00. The first-order valence-electron chi connectivity index (χ1n) is 6.28. The smallest absolute Gasteiger partial charge is 0.125 e. The maximum Gasteiger partial charge on any atom is 0.125 e. The Morgan fingerprint density at radius 3 is 3.06 bits per heavy atom. The highest BCUT2D eigenvalue weighted by molar-refractivity contribution is 5.06. The predicted molar refractivity (Wildman–Crippen MR) is 66.7 cm³/mol. The van der Waals surface area contributed by atoms with Crippen molar-refractivity contribution >= 4 is 0 Å². The van der Waals surface area contributed by atoms with Gasteiger partial charge in [0, 0.05) is 25.8 Å². The second-order valence-electron chi connectivity index (χ2n) is 5.04. The van der Waals surface area contributed by atoms with Crippen LogP contribution < -0.4 is 0 Å². The summed E-state index contributed by atoms with van der Waals surface area (Å²) in [5.74, 6) is 1.51. The van der Waals surface area contributed by atoms with Crippen LogP contribution in [0.15, 0.2) is 12.3 Å². The van der Waals surface area contributed by atoms with E-state index >= 15 is 0 Å². The van der Waals surface area contributed by atoms with Gasteiger partial charge in [0.2, 0.25) is 0 Å². The Kier molecular flexibility index (Phi) is 4.07. The molecule has 1 saturated heterocycles. The largest absolute Gasteiger partial charge is 0.369 e. The fourth-order valence-electron chi connectivity index (χ4n) is 2.22. The Labute approximate surface area is 103 Å². The predicted octanol–water partition coefficient (Wildman–Crippen LogP) is 1.81. The third-order valence-corrected chi connectivity index (χ3v) is 2.90. The molecular formula is C13H21N3O. The van der Waals surface area contributed by atoms with E-state index in [-0.39, 0.29) is 6.10 Å². The molecule has 1 atom stereocenters. The van der Waals surface area contributed by atoms with Crippen LogP contribution in [0.1, 0.15) is 31.5 Å². The standard InChI is InChI=1S/C13H21N3O/c1-10(2)8-16-6-7-17-13(9-16)12-4-5-14-11(3)15-12/h4-5,10,13H,6-9H2,1-3H3/t13-/m0/s1. The van der Waals surface area contributed by atoms with E-state index in [9.17, 15) is 0 Å². The minimum Gasteiger partial charge on any atom is -0.369 e. The van der Waals surface area contributed by atoms with Crippen molar-refractivity contribution in [3.63, 3.8) is 0 Å². The van der Waals surface area contributed by atoms with E-state index in [1.54, 1.807) is 0 Å². The van der Waals surface area contributed by atoms with Crippen molar-refractivity contribution in [3.05, 3.63) is 23.8 Å². The van der Waals surface area contributed by atoms with Crippen molar-refractivity contribution in [1.82, 2.24) is 14.9 Å². The van der Waals surface area contributed by atoms with Gasteiger partial charge in [-0.1, -0.05) is 13.8 Å². The van der Waals surface area contributed by atoms with Gasteiger partial charge in [-0.05, 0) is 18.9 Å². The zero-order chi connectivity index (χ0) is 12.3. The Morgan fingerprint density at radius 1 is 1.53 bits per heavy atom. The molecule has 0 N–H and O–H groups in total. The van der Waals surface area contributed by atoms with E-state index in [1.807, 2.05) is 19.2 Å². The Morgan fingerprint density at radius 2 is 2.35 bits per heavy atom. The van der Waals surface area contributed by atoms with Gasteiger partial charge < -0.3 is 4.74 Å². The van der Waals surface area contributed by atoms with Crippen LogP contribution >= 0.6 is 0 Å². The van der Waals surface area contributed by atoms with Crippen LogP contribution in [0.3, 0.4) is 0 Å².